The van der Waals surface area contributed by atoms with Crippen LogP contribution in [0, 0.1) is 0 Å². The van der Waals surface area contributed by atoms with E-state index in [1.807, 2.05) is 56.6 Å². The summed E-state index contributed by atoms with van der Waals surface area (Å²) in [5.41, 5.74) is 3.22. The summed E-state index contributed by atoms with van der Waals surface area (Å²) in [6.07, 6.45) is -0.572. The normalized spacial score (nSPS) is 12.6. The molecule has 2 aromatic rings. The molecule has 3 heteroatoms. The summed E-state index contributed by atoms with van der Waals surface area (Å²) < 4.78 is 5.48. The van der Waals surface area contributed by atoms with Gasteiger partial charge in [0, 0.05) is 6.54 Å². The first-order valence-corrected chi connectivity index (χ1v) is 7.23. The predicted octanol–water partition coefficient (Wildman–Crippen LogP) is 2.97. The van der Waals surface area contributed by atoms with Crippen molar-refractivity contribution in [3.05, 3.63) is 60.2 Å². The zero-order valence-corrected chi connectivity index (χ0v) is 12.7. The van der Waals surface area contributed by atoms with Gasteiger partial charge >= 0.3 is 0 Å². The highest BCUT2D eigenvalue weighted by Crippen LogP contribution is 2.21. The molecule has 0 amide bonds. The van der Waals surface area contributed by atoms with Crippen molar-refractivity contribution in [3.63, 3.8) is 0 Å². The largest absolute Gasteiger partial charge is 0.386 e. The van der Waals surface area contributed by atoms with Gasteiger partial charge in [-0.15, -0.1) is 0 Å². The quantitative estimate of drug-likeness (QED) is 0.794. The van der Waals surface area contributed by atoms with Gasteiger partial charge in [0.2, 0.25) is 0 Å². The molecule has 0 aliphatic carbocycles. The van der Waals surface area contributed by atoms with Gasteiger partial charge in [0.15, 0.2) is 0 Å². The van der Waals surface area contributed by atoms with Gasteiger partial charge in [-0.1, -0.05) is 54.6 Å². The van der Waals surface area contributed by atoms with Crippen LogP contribution < -0.4 is 0 Å². The number of aliphatic hydroxyl groups excluding tert-OH is 1. The van der Waals surface area contributed by atoms with Gasteiger partial charge < -0.3 is 14.7 Å². The minimum atomic E-state index is -0.572. The zero-order valence-electron chi connectivity index (χ0n) is 12.7. The average molecular weight is 285 g/mol. The summed E-state index contributed by atoms with van der Waals surface area (Å²) >= 11 is 0. The fraction of sp³-hybridized carbons (Fsp3) is 0.333. The Labute approximate surface area is 126 Å². The molecule has 0 bridgehead atoms. The second kappa shape index (κ2) is 7.93. The van der Waals surface area contributed by atoms with Gasteiger partial charge in [-0.2, -0.15) is 0 Å². The number of ether oxygens (including phenoxy) is 1. The molecule has 0 aliphatic rings. The lowest BCUT2D eigenvalue weighted by molar-refractivity contribution is 0.0306. The van der Waals surface area contributed by atoms with E-state index in [9.17, 15) is 5.11 Å². The Bertz CT molecular complexity index is 523. The fourth-order valence-electron chi connectivity index (χ4n) is 2.07. The van der Waals surface area contributed by atoms with E-state index in [1.165, 1.54) is 5.56 Å². The molecule has 0 spiro atoms. The molecule has 112 valence electrons. The first-order valence-electron chi connectivity index (χ1n) is 7.23. The first-order chi connectivity index (χ1) is 10.2. The molecule has 1 unspecified atom stereocenters. The molecule has 0 saturated heterocycles. The summed E-state index contributed by atoms with van der Waals surface area (Å²) in [7, 11) is 4.00. The van der Waals surface area contributed by atoms with E-state index in [4.69, 9.17) is 4.74 Å². The zero-order chi connectivity index (χ0) is 15.1. The third-order valence-corrected chi connectivity index (χ3v) is 3.36. The van der Waals surface area contributed by atoms with E-state index < -0.39 is 6.10 Å². The van der Waals surface area contributed by atoms with Crippen LogP contribution in [0.1, 0.15) is 11.7 Å². The minimum absolute atomic E-state index is 0.332. The number of benzene rings is 2. The molecule has 1 N–H and O–H groups in total. The number of hydrogen-bond acceptors (Lipinski definition) is 3. The van der Waals surface area contributed by atoms with Crippen molar-refractivity contribution in [2.75, 3.05) is 33.9 Å². The summed E-state index contributed by atoms with van der Waals surface area (Å²) in [5, 5.41) is 10.1. The lowest BCUT2D eigenvalue weighted by Gasteiger charge is -2.14. The van der Waals surface area contributed by atoms with Gasteiger partial charge in [0.05, 0.1) is 13.2 Å². The Morgan fingerprint density at radius 2 is 1.57 bits per heavy atom. The van der Waals surface area contributed by atoms with E-state index in [0.29, 0.717) is 13.2 Å². The maximum absolute atomic E-state index is 10.1. The van der Waals surface area contributed by atoms with Crippen LogP contribution in [-0.4, -0.2) is 43.9 Å². The third kappa shape index (κ3) is 4.97. The lowest BCUT2D eigenvalue weighted by Crippen LogP contribution is -2.19. The van der Waals surface area contributed by atoms with Crippen molar-refractivity contribution in [3.8, 4) is 11.1 Å². The molecule has 0 saturated carbocycles. The van der Waals surface area contributed by atoms with Crippen LogP contribution in [0.3, 0.4) is 0 Å². The number of nitrogens with zero attached hydrogens (tertiary/aromatic N) is 1. The van der Waals surface area contributed by atoms with Gasteiger partial charge in [-0.25, -0.2) is 0 Å². The Balaban J connectivity index is 1.89. The van der Waals surface area contributed by atoms with Crippen molar-refractivity contribution in [1.29, 1.82) is 0 Å². The summed E-state index contributed by atoms with van der Waals surface area (Å²) in [6.45, 7) is 1.82. The van der Waals surface area contributed by atoms with Crippen molar-refractivity contribution in [2.45, 2.75) is 6.10 Å². The van der Waals surface area contributed by atoms with Crippen LogP contribution >= 0.6 is 0 Å². The van der Waals surface area contributed by atoms with Crippen LogP contribution in [0.25, 0.3) is 11.1 Å². The lowest BCUT2D eigenvalue weighted by atomic mass is 10.0. The molecule has 21 heavy (non-hydrogen) atoms. The van der Waals surface area contributed by atoms with Crippen molar-refractivity contribution in [2.24, 2.45) is 0 Å². The van der Waals surface area contributed by atoms with Crippen molar-refractivity contribution in [1.82, 2.24) is 4.90 Å². The van der Waals surface area contributed by atoms with Gasteiger partial charge in [-0.3, -0.25) is 0 Å². The highest BCUT2D eigenvalue weighted by Gasteiger charge is 2.08. The molecule has 3 nitrogen and oxygen atoms in total. The van der Waals surface area contributed by atoms with E-state index in [1.54, 1.807) is 0 Å². The summed E-state index contributed by atoms with van der Waals surface area (Å²) in [5.74, 6) is 0. The first kappa shape index (κ1) is 15.7. The monoisotopic (exact) mass is 285 g/mol. The maximum Gasteiger partial charge on any atom is 0.102 e. The Morgan fingerprint density at radius 3 is 2.19 bits per heavy atom. The second-order valence-corrected chi connectivity index (χ2v) is 5.38. The van der Waals surface area contributed by atoms with Crippen LogP contribution in [0.4, 0.5) is 0 Å². The van der Waals surface area contributed by atoms with Crippen LogP contribution in [0.15, 0.2) is 54.6 Å². The summed E-state index contributed by atoms with van der Waals surface area (Å²) in [6, 6.07) is 18.2. The molecule has 0 aliphatic heterocycles. The van der Waals surface area contributed by atoms with Crippen LogP contribution in [-0.2, 0) is 4.74 Å². The van der Waals surface area contributed by atoms with Crippen molar-refractivity contribution < 1.29 is 9.84 Å². The number of likely N-dealkylation sites (N-methyl/N-ethyl adjacent to an activating group) is 1. The number of hydrogen-bond donors (Lipinski definition) is 1. The molecular formula is C18H23NO2. The standard InChI is InChI=1S/C18H23NO2/c1-19(2)12-13-21-14-18(20)17-10-8-16(9-11-17)15-6-4-3-5-7-15/h3-11,18,20H,12-14H2,1-2H3. The molecule has 2 rings (SSSR count). The molecule has 0 heterocycles. The molecule has 0 radical (unpaired) electrons. The second-order valence-electron chi connectivity index (χ2n) is 5.38. The SMILES string of the molecule is CN(C)CCOCC(O)c1ccc(-c2ccccc2)cc1. The van der Waals surface area contributed by atoms with Crippen LogP contribution in [0.2, 0.25) is 0 Å². The van der Waals surface area contributed by atoms with E-state index in [-0.39, 0.29) is 0 Å². The Morgan fingerprint density at radius 1 is 0.952 bits per heavy atom. The Kier molecular flexibility index (Phi) is 5.93. The maximum atomic E-state index is 10.1. The molecule has 1 atom stereocenters. The third-order valence-electron chi connectivity index (χ3n) is 3.36. The predicted molar refractivity (Wildman–Crippen MR) is 86.2 cm³/mol. The minimum Gasteiger partial charge on any atom is -0.386 e. The smallest absolute Gasteiger partial charge is 0.102 e. The molecule has 0 fully saturated rings. The average Bonchev–Trinajstić information content (AvgIpc) is 2.52. The van der Waals surface area contributed by atoms with E-state index >= 15 is 0 Å². The number of rotatable bonds is 7. The van der Waals surface area contributed by atoms with Gasteiger partial charge in [0.25, 0.3) is 0 Å². The molecular weight excluding hydrogens is 262 g/mol. The highest BCUT2D eigenvalue weighted by atomic mass is 16.5. The van der Waals surface area contributed by atoms with Crippen LogP contribution in [0.5, 0.6) is 0 Å². The van der Waals surface area contributed by atoms with Gasteiger partial charge in [0.1, 0.15) is 6.10 Å². The number of aliphatic hydroxyl groups is 1. The van der Waals surface area contributed by atoms with E-state index in [2.05, 4.69) is 17.0 Å². The molecule has 0 aromatic heterocycles. The molecule has 2 aromatic carbocycles. The summed E-state index contributed by atoms with van der Waals surface area (Å²) in [4.78, 5) is 2.06. The fourth-order valence-corrected chi connectivity index (χ4v) is 2.07. The Hall–Kier alpha value is -1.68. The topological polar surface area (TPSA) is 32.7 Å². The van der Waals surface area contributed by atoms with Crippen molar-refractivity contribution >= 4 is 0 Å². The van der Waals surface area contributed by atoms with E-state index in [0.717, 1.165) is 17.7 Å². The highest BCUT2D eigenvalue weighted by molar-refractivity contribution is 5.63. The van der Waals surface area contributed by atoms with Gasteiger partial charge in [-0.05, 0) is 30.8 Å².